The van der Waals surface area contributed by atoms with Gasteiger partial charge in [-0.1, -0.05) is 26.2 Å². The van der Waals surface area contributed by atoms with E-state index in [2.05, 4.69) is 22.1 Å². The van der Waals surface area contributed by atoms with Crippen LogP contribution in [0.15, 0.2) is 29.3 Å². The molecule has 2 rings (SSSR count). The maximum Gasteiger partial charge on any atom is 0.224 e. The SMILES string of the molecule is CCCCCCN=C(N)NCCC(=O)N1CCN(c2ccc(F)cc2)CC1.I. The number of nitrogens with two attached hydrogens (primary N) is 1. The van der Waals surface area contributed by atoms with Crippen molar-refractivity contribution in [3.63, 3.8) is 0 Å². The predicted molar refractivity (Wildman–Crippen MR) is 124 cm³/mol. The van der Waals surface area contributed by atoms with Crippen LogP contribution in [0.4, 0.5) is 10.1 Å². The highest BCUT2D eigenvalue weighted by Gasteiger charge is 2.20. The van der Waals surface area contributed by atoms with E-state index in [9.17, 15) is 9.18 Å². The van der Waals surface area contributed by atoms with E-state index >= 15 is 0 Å². The minimum Gasteiger partial charge on any atom is -0.370 e. The summed E-state index contributed by atoms with van der Waals surface area (Å²) in [6.07, 6.45) is 5.06. The number of unbranched alkanes of at least 4 members (excludes halogenated alkanes) is 3. The molecule has 158 valence electrons. The van der Waals surface area contributed by atoms with E-state index in [0.717, 1.165) is 31.7 Å². The monoisotopic (exact) mass is 505 g/mol. The smallest absolute Gasteiger partial charge is 0.224 e. The highest BCUT2D eigenvalue weighted by Crippen LogP contribution is 2.17. The number of nitrogens with one attached hydrogen (secondary N) is 1. The molecule has 1 aromatic carbocycles. The van der Waals surface area contributed by atoms with Crippen molar-refractivity contribution in [1.29, 1.82) is 0 Å². The topological polar surface area (TPSA) is 74.0 Å². The molecule has 0 aliphatic carbocycles. The number of piperazine rings is 1. The lowest BCUT2D eigenvalue weighted by molar-refractivity contribution is -0.131. The van der Waals surface area contributed by atoms with Crippen molar-refractivity contribution >= 4 is 41.5 Å². The Morgan fingerprint density at radius 3 is 2.46 bits per heavy atom. The standard InChI is InChI=1S/C20H32FN5O.HI/c1-2-3-4-5-11-23-20(22)24-12-10-19(27)26-15-13-25(14-16-26)18-8-6-17(21)7-9-18;/h6-9H,2-5,10-16H2,1H3,(H3,22,23,24);1H. The lowest BCUT2D eigenvalue weighted by Crippen LogP contribution is -2.49. The first kappa shape index (κ1) is 24.5. The van der Waals surface area contributed by atoms with Crippen molar-refractivity contribution in [3.05, 3.63) is 30.1 Å². The summed E-state index contributed by atoms with van der Waals surface area (Å²) >= 11 is 0. The third kappa shape index (κ3) is 8.62. The molecule has 1 aromatic rings. The normalized spacial score (nSPS) is 14.6. The Hall–Kier alpha value is -1.58. The number of halogens is 2. The first-order valence-corrected chi connectivity index (χ1v) is 9.92. The van der Waals surface area contributed by atoms with Gasteiger partial charge in [0.05, 0.1) is 0 Å². The van der Waals surface area contributed by atoms with Gasteiger partial charge in [0.25, 0.3) is 0 Å². The van der Waals surface area contributed by atoms with Crippen molar-refractivity contribution in [2.75, 3.05) is 44.2 Å². The number of anilines is 1. The Balaban J connectivity index is 0.00000392. The van der Waals surface area contributed by atoms with E-state index in [1.807, 2.05) is 4.90 Å². The van der Waals surface area contributed by atoms with Crippen LogP contribution in [-0.4, -0.2) is 56.0 Å². The van der Waals surface area contributed by atoms with Gasteiger partial charge in [-0.2, -0.15) is 0 Å². The highest BCUT2D eigenvalue weighted by atomic mass is 127. The Morgan fingerprint density at radius 2 is 1.82 bits per heavy atom. The van der Waals surface area contributed by atoms with Gasteiger partial charge in [-0.05, 0) is 30.7 Å². The zero-order valence-electron chi connectivity index (χ0n) is 16.7. The summed E-state index contributed by atoms with van der Waals surface area (Å²) in [5.74, 6) is 0.307. The number of guanidine groups is 1. The summed E-state index contributed by atoms with van der Waals surface area (Å²) < 4.78 is 13.0. The molecule has 1 heterocycles. The summed E-state index contributed by atoms with van der Waals surface area (Å²) in [7, 11) is 0. The number of carbonyl (C=O) groups excluding carboxylic acids is 1. The maximum absolute atomic E-state index is 13.0. The molecule has 1 aliphatic rings. The fraction of sp³-hybridized carbons (Fsp3) is 0.600. The van der Waals surface area contributed by atoms with Crippen LogP contribution < -0.4 is 16.0 Å². The second-order valence-corrected chi connectivity index (χ2v) is 6.85. The molecule has 1 amide bonds. The van der Waals surface area contributed by atoms with Crippen LogP contribution in [-0.2, 0) is 4.79 Å². The molecule has 0 bridgehead atoms. The van der Waals surface area contributed by atoms with Crippen molar-refractivity contribution in [3.8, 4) is 0 Å². The van der Waals surface area contributed by atoms with Crippen LogP contribution in [0.25, 0.3) is 0 Å². The van der Waals surface area contributed by atoms with Gasteiger partial charge in [-0.15, -0.1) is 24.0 Å². The number of aliphatic imine (C=N–C) groups is 1. The Labute approximate surface area is 184 Å². The van der Waals surface area contributed by atoms with Crippen LogP contribution in [0.1, 0.15) is 39.0 Å². The third-order valence-electron chi connectivity index (χ3n) is 4.76. The van der Waals surface area contributed by atoms with Crippen LogP contribution in [0.2, 0.25) is 0 Å². The molecule has 6 nitrogen and oxygen atoms in total. The summed E-state index contributed by atoms with van der Waals surface area (Å²) in [6, 6.07) is 6.49. The molecule has 0 unspecified atom stereocenters. The van der Waals surface area contributed by atoms with Crippen LogP contribution in [0.5, 0.6) is 0 Å². The van der Waals surface area contributed by atoms with Crippen molar-refractivity contribution in [2.24, 2.45) is 10.7 Å². The zero-order chi connectivity index (χ0) is 19.5. The minimum absolute atomic E-state index is 0. The Bertz CT molecular complexity index is 603. The molecule has 0 atom stereocenters. The molecule has 0 radical (unpaired) electrons. The van der Waals surface area contributed by atoms with E-state index in [1.165, 1.54) is 31.4 Å². The Kier molecular flexibility index (Phi) is 11.9. The molecular weight excluding hydrogens is 472 g/mol. The summed E-state index contributed by atoms with van der Waals surface area (Å²) in [5.41, 5.74) is 6.82. The zero-order valence-corrected chi connectivity index (χ0v) is 19.0. The van der Waals surface area contributed by atoms with Gasteiger partial charge >= 0.3 is 0 Å². The quantitative estimate of drug-likeness (QED) is 0.234. The van der Waals surface area contributed by atoms with E-state index in [-0.39, 0.29) is 35.7 Å². The number of carbonyl (C=O) groups is 1. The van der Waals surface area contributed by atoms with Crippen LogP contribution in [0.3, 0.4) is 0 Å². The largest absolute Gasteiger partial charge is 0.370 e. The molecule has 8 heteroatoms. The van der Waals surface area contributed by atoms with Gasteiger partial charge in [0.2, 0.25) is 5.91 Å². The molecule has 1 aliphatic heterocycles. The predicted octanol–water partition coefficient (Wildman–Crippen LogP) is 2.97. The average molecular weight is 505 g/mol. The lowest BCUT2D eigenvalue weighted by Gasteiger charge is -2.36. The number of benzene rings is 1. The summed E-state index contributed by atoms with van der Waals surface area (Å²) in [4.78, 5) is 20.7. The summed E-state index contributed by atoms with van der Waals surface area (Å²) in [5, 5.41) is 3.02. The van der Waals surface area contributed by atoms with E-state index in [0.29, 0.717) is 32.0 Å². The number of amides is 1. The summed E-state index contributed by atoms with van der Waals surface area (Å²) in [6.45, 7) is 6.28. The van der Waals surface area contributed by atoms with Gasteiger partial charge in [0.1, 0.15) is 5.82 Å². The molecule has 28 heavy (non-hydrogen) atoms. The molecule has 0 aromatic heterocycles. The number of hydrogen-bond donors (Lipinski definition) is 2. The fourth-order valence-electron chi connectivity index (χ4n) is 3.12. The fourth-order valence-corrected chi connectivity index (χ4v) is 3.12. The van der Waals surface area contributed by atoms with Gasteiger partial charge in [0, 0.05) is 51.4 Å². The first-order valence-electron chi connectivity index (χ1n) is 9.92. The molecule has 0 saturated carbocycles. The van der Waals surface area contributed by atoms with Crippen molar-refractivity contribution < 1.29 is 9.18 Å². The second kappa shape index (κ2) is 13.6. The van der Waals surface area contributed by atoms with E-state index in [1.54, 1.807) is 12.1 Å². The van der Waals surface area contributed by atoms with E-state index in [4.69, 9.17) is 5.73 Å². The number of nitrogens with zero attached hydrogens (tertiary/aromatic N) is 3. The molecule has 0 spiro atoms. The maximum atomic E-state index is 13.0. The van der Waals surface area contributed by atoms with Gasteiger partial charge in [-0.25, -0.2) is 4.39 Å². The van der Waals surface area contributed by atoms with Gasteiger partial charge in [0.15, 0.2) is 5.96 Å². The molecule has 1 fully saturated rings. The lowest BCUT2D eigenvalue weighted by atomic mass is 10.2. The molecular formula is C20H33FIN5O. The number of hydrogen-bond acceptors (Lipinski definition) is 3. The average Bonchev–Trinajstić information content (AvgIpc) is 2.68. The minimum atomic E-state index is -0.233. The number of rotatable bonds is 9. The highest BCUT2D eigenvalue weighted by molar-refractivity contribution is 14.0. The van der Waals surface area contributed by atoms with Crippen molar-refractivity contribution in [2.45, 2.75) is 39.0 Å². The second-order valence-electron chi connectivity index (χ2n) is 6.85. The molecule has 1 saturated heterocycles. The van der Waals surface area contributed by atoms with Crippen molar-refractivity contribution in [1.82, 2.24) is 10.2 Å². The van der Waals surface area contributed by atoms with Gasteiger partial charge < -0.3 is 20.9 Å². The van der Waals surface area contributed by atoms with Crippen LogP contribution >= 0.6 is 24.0 Å². The third-order valence-corrected chi connectivity index (χ3v) is 4.76. The van der Waals surface area contributed by atoms with Gasteiger partial charge in [-0.3, -0.25) is 9.79 Å². The van der Waals surface area contributed by atoms with Crippen LogP contribution in [0, 0.1) is 5.82 Å². The molecule has 3 N–H and O–H groups in total. The first-order chi connectivity index (χ1) is 13.1. The van der Waals surface area contributed by atoms with E-state index < -0.39 is 0 Å². The Morgan fingerprint density at radius 1 is 1.14 bits per heavy atom.